The maximum absolute atomic E-state index is 11.0. The van der Waals surface area contributed by atoms with Crippen LogP contribution in [0, 0.1) is 0 Å². The molecule has 2 heterocycles. The van der Waals surface area contributed by atoms with E-state index in [0.717, 1.165) is 24.1 Å². The summed E-state index contributed by atoms with van der Waals surface area (Å²) in [5.74, 6) is -0.415. The van der Waals surface area contributed by atoms with Gasteiger partial charge in [-0.2, -0.15) is 0 Å². The number of H-pyrrole nitrogens is 1. The smallest absolute Gasteiger partial charge is 0.408 e. The fraction of sp³-hybridized carbons (Fsp3) is 0.364. The van der Waals surface area contributed by atoms with E-state index >= 15 is 0 Å². The highest BCUT2D eigenvalue weighted by Gasteiger charge is 2.35. The highest BCUT2D eigenvalue weighted by molar-refractivity contribution is 5.73. The summed E-state index contributed by atoms with van der Waals surface area (Å²) in [7, 11) is 0. The zero-order chi connectivity index (χ0) is 10.5. The molecule has 3 rings (SSSR count). The van der Waals surface area contributed by atoms with Crippen LogP contribution in [0.25, 0.3) is 11.1 Å². The van der Waals surface area contributed by atoms with Gasteiger partial charge in [-0.3, -0.25) is 4.98 Å². The minimum atomic E-state index is -0.415. The van der Waals surface area contributed by atoms with Gasteiger partial charge in [0.25, 0.3) is 0 Å². The molecule has 1 N–H and O–H groups in total. The highest BCUT2D eigenvalue weighted by Crippen LogP contribution is 2.37. The summed E-state index contributed by atoms with van der Waals surface area (Å²) < 4.78 is 10.5. The molecule has 1 aliphatic heterocycles. The Bertz CT molecular complexity index is 562. The Morgan fingerprint density at radius 2 is 2.27 bits per heavy atom. The number of aromatic amines is 1. The molecule has 1 aromatic heterocycles. The summed E-state index contributed by atoms with van der Waals surface area (Å²) in [6.07, 6.45) is 1.01. The summed E-state index contributed by atoms with van der Waals surface area (Å²) in [5, 5.41) is 0. The third kappa shape index (κ3) is 1.22. The van der Waals surface area contributed by atoms with Gasteiger partial charge in [0.1, 0.15) is 0 Å². The van der Waals surface area contributed by atoms with Crippen LogP contribution in [0.4, 0.5) is 0 Å². The van der Waals surface area contributed by atoms with Gasteiger partial charge in [-0.05, 0) is 24.6 Å². The van der Waals surface area contributed by atoms with Crippen molar-refractivity contribution in [3.63, 3.8) is 0 Å². The van der Waals surface area contributed by atoms with Crippen LogP contribution >= 0.6 is 0 Å². The molecule has 1 aromatic carbocycles. The molecule has 1 unspecified atom stereocenters. The molecule has 78 valence electrons. The summed E-state index contributed by atoms with van der Waals surface area (Å²) in [4.78, 5) is 13.6. The molecule has 0 amide bonds. The molecule has 2 aromatic rings. The molecule has 1 aliphatic rings. The van der Waals surface area contributed by atoms with Gasteiger partial charge in [0.2, 0.25) is 0 Å². The Morgan fingerprint density at radius 3 is 2.93 bits per heavy atom. The Kier molecular flexibility index (Phi) is 1.59. The minimum absolute atomic E-state index is 0.204. The first-order valence-corrected chi connectivity index (χ1v) is 4.95. The van der Waals surface area contributed by atoms with E-state index in [9.17, 15) is 4.79 Å². The fourth-order valence-corrected chi connectivity index (χ4v) is 1.91. The van der Waals surface area contributed by atoms with Crippen LogP contribution in [-0.2, 0) is 10.3 Å². The van der Waals surface area contributed by atoms with Gasteiger partial charge in [-0.15, -0.1) is 0 Å². The van der Waals surface area contributed by atoms with E-state index in [-0.39, 0.29) is 5.60 Å². The molecule has 1 saturated heterocycles. The second-order valence-corrected chi connectivity index (χ2v) is 4.05. The van der Waals surface area contributed by atoms with E-state index in [1.54, 1.807) is 0 Å². The molecule has 4 nitrogen and oxygen atoms in total. The molecular formula is C11H11NO3. The third-order valence-corrected chi connectivity index (χ3v) is 3.03. The van der Waals surface area contributed by atoms with Crippen molar-refractivity contribution in [2.24, 2.45) is 0 Å². The number of benzene rings is 1. The van der Waals surface area contributed by atoms with Crippen LogP contribution in [0.5, 0.6) is 0 Å². The quantitative estimate of drug-likeness (QED) is 0.771. The lowest BCUT2D eigenvalue weighted by molar-refractivity contribution is -0.140. The Morgan fingerprint density at radius 1 is 1.47 bits per heavy atom. The van der Waals surface area contributed by atoms with Crippen LogP contribution in [0.1, 0.15) is 18.9 Å². The monoisotopic (exact) mass is 205 g/mol. The van der Waals surface area contributed by atoms with Crippen LogP contribution < -0.4 is 5.76 Å². The van der Waals surface area contributed by atoms with E-state index in [2.05, 4.69) is 4.98 Å². The van der Waals surface area contributed by atoms with Crippen molar-refractivity contribution in [1.29, 1.82) is 0 Å². The molecule has 0 radical (unpaired) electrons. The summed E-state index contributed by atoms with van der Waals surface area (Å²) >= 11 is 0. The first kappa shape index (κ1) is 8.73. The summed E-state index contributed by atoms with van der Waals surface area (Å²) in [5.41, 5.74) is 2.18. The Labute approximate surface area is 85.9 Å². The SMILES string of the molecule is CC1(c2ccc3[nH]c(=O)oc3c2)CCO1. The maximum atomic E-state index is 11.0. The molecule has 4 heteroatoms. The lowest BCUT2D eigenvalue weighted by Crippen LogP contribution is -2.37. The number of hydrogen-bond acceptors (Lipinski definition) is 3. The van der Waals surface area contributed by atoms with Gasteiger partial charge >= 0.3 is 5.76 Å². The second kappa shape index (κ2) is 2.73. The fourth-order valence-electron chi connectivity index (χ4n) is 1.91. The predicted octanol–water partition coefficient (Wildman–Crippen LogP) is 1.76. The molecular weight excluding hydrogens is 194 g/mol. The van der Waals surface area contributed by atoms with Crippen LogP contribution in [0.3, 0.4) is 0 Å². The Balaban J connectivity index is 2.17. The second-order valence-electron chi connectivity index (χ2n) is 4.05. The number of aromatic nitrogens is 1. The average molecular weight is 205 g/mol. The molecule has 1 atom stereocenters. The topological polar surface area (TPSA) is 55.2 Å². The number of rotatable bonds is 1. The molecule has 15 heavy (non-hydrogen) atoms. The van der Waals surface area contributed by atoms with Gasteiger partial charge in [-0.25, -0.2) is 4.79 Å². The lowest BCUT2D eigenvalue weighted by Gasteiger charge is -2.39. The zero-order valence-electron chi connectivity index (χ0n) is 8.37. The van der Waals surface area contributed by atoms with Crippen molar-refractivity contribution in [3.05, 3.63) is 34.3 Å². The maximum Gasteiger partial charge on any atom is 0.417 e. The van der Waals surface area contributed by atoms with Gasteiger partial charge in [0.05, 0.1) is 17.7 Å². The lowest BCUT2D eigenvalue weighted by atomic mass is 9.88. The average Bonchev–Trinajstić information content (AvgIpc) is 2.53. The van der Waals surface area contributed by atoms with E-state index in [0.29, 0.717) is 5.58 Å². The van der Waals surface area contributed by atoms with Crippen LogP contribution in [0.2, 0.25) is 0 Å². The minimum Gasteiger partial charge on any atom is -0.408 e. The normalized spacial score (nSPS) is 25.4. The van der Waals surface area contributed by atoms with E-state index in [4.69, 9.17) is 9.15 Å². The van der Waals surface area contributed by atoms with E-state index in [1.165, 1.54) is 0 Å². The molecule has 0 saturated carbocycles. The van der Waals surface area contributed by atoms with Crippen molar-refractivity contribution in [2.75, 3.05) is 6.61 Å². The van der Waals surface area contributed by atoms with Gasteiger partial charge < -0.3 is 9.15 Å². The third-order valence-electron chi connectivity index (χ3n) is 3.03. The Hall–Kier alpha value is -1.55. The van der Waals surface area contributed by atoms with Crippen molar-refractivity contribution in [3.8, 4) is 0 Å². The number of fused-ring (bicyclic) bond motifs is 1. The van der Waals surface area contributed by atoms with Crippen LogP contribution in [0.15, 0.2) is 27.4 Å². The molecule has 1 fully saturated rings. The predicted molar refractivity (Wildman–Crippen MR) is 54.8 cm³/mol. The van der Waals surface area contributed by atoms with Crippen molar-refractivity contribution in [2.45, 2.75) is 18.9 Å². The molecule has 0 bridgehead atoms. The molecule has 0 spiro atoms. The van der Waals surface area contributed by atoms with Crippen molar-refractivity contribution in [1.82, 2.24) is 4.98 Å². The number of hydrogen-bond donors (Lipinski definition) is 1. The first-order chi connectivity index (χ1) is 7.17. The van der Waals surface area contributed by atoms with E-state index in [1.807, 2.05) is 25.1 Å². The van der Waals surface area contributed by atoms with Gasteiger partial charge in [0, 0.05) is 6.42 Å². The van der Waals surface area contributed by atoms with Crippen LogP contribution in [-0.4, -0.2) is 11.6 Å². The van der Waals surface area contributed by atoms with Gasteiger partial charge in [-0.1, -0.05) is 6.07 Å². The van der Waals surface area contributed by atoms with E-state index < -0.39 is 5.76 Å². The number of ether oxygens (including phenoxy) is 1. The molecule has 0 aliphatic carbocycles. The zero-order valence-corrected chi connectivity index (χ0v) is 8.37. The first-order valence-electron chi connectivity index (χ1n) is 4.95. The van der Waals surface area contributed by atoms with Crippen molar-refractivity contribution >= 4 is 11.1 Å². The standard InChI is InChI=1S/C11H11NO3/c1-11(4-5-14-11)7-2-3-8-9(6-7)15-10(13)12-8/h2-3,6H,4-5H2,1H3,(H,12,13). The number of oxazole rings is 1. The summed E-state index contributed by atoms with van der Waals surface area (Å²) in [6, 6.07) is 5.68. The largest absolute Gasteiger partial charge is 0.417 e. The van der Waals surface area contributed by atoms with Gasteiger partial charge in [0.15, 0.2) is 5.58 Å². The van der Waals surface area contributed by atoms with Crippen molar-refractivity contribution < 1.29 is 9.15 Å². The highest BCUT2D eigenvalue weighted by atomic mass is 16.5. The number of nitrogens with one attached hydrogen (secondary N) is 1. The summed E-state index contributed by atoms with van der Waals surface area (Å²) in [6.45, 7) is 2.84.